The Bertz CT molecular complexity index is 716. The Balaban J connectivity index is 2.50. The Morgan fingerprint density at radius 3 is 2.38 bits per heavy atom. The number of anilines is 2. The molecule has 1 aliphatic heterocycles. The predicted molar refractivity (Wildman–Crippen MR) is 99.4 cm³/mol. The summed E-state index contributed by atoms with van der Waals surface area (Å²) < 4.78 is 15.1. The van der Waals surface area contributed by atoms with Crippen molar-refractivity contribution >= 4 is 34.9 Å². The first kappa shape index (κ1) is 20.1. The maximum absolute atomic E-state index is 12.3. The fourth-order valence-electron chi connectivity index (χ4n) is 2.83. The van der Waals surface area contributed by atoms with Crippen LogP contribution in [0.25, 0.3) is 0 Å². The molecule has 0 atom stereocenters. The molecule has 0 amide bonds. The van der Waals surface area contributed by atoms with Crippen molar-refractivity contribution in [2.75, 3.05) is 50.4 Å². The molecule has 0 saturated heterocycles. The number of nitrogens with zero attached hydrogens (tertiary/aromatic N) is 2. The minimum Gasteiger partial charge on any atom is -0.466 e. The maximum Gasteiger partial charge on any atom is 0.355 e. The van der Waals surface area contributed by atoms with Gasteiger partial charge in [0.25, 0.3) is 0 Å². The van der Waals surface area contributed by atoms with Crippen molar-refractivity contribution in [2.45, 2.75) is 13.8 Å². The van der Waals surface area contributed by atoms with E-state index in [0.717, 1.165) is 18.8 Å². The molecule has 1 heterocycles. The summed E-state index contributed by atoms with van der Waals surface area (Å²) in [6.45, 7) is 5.80. The summed E-state index contributed by atoms with van der Waals surface area (Å²) in [5.41, 5.74) is 1.72. The number of carbonyl (C=O) groups is 2. The minimum absolute atomic E-state index is 0.0289. The Kier molecular flexibility index (Phi) is 6.88. The molecule has 1 aromatic rings. The number of ether oxygens (including phenoxy) is 3. The molecule has 2 rings (SSSR count). The third-order valence-corrected chi connectivity index (χ3v) is 4.48. The van der Waals surface area contributed by atoms with E-state index in [-0.39, 0.29) is 24.6 Å². The Labute approximate surface area is 158 Å². The fourth-order valence-corrected chi connectivity index (χ4v) is 3.13. The lowest BCUT2D eigenvalue weighted by molar-refractivity contribution is -0.140. The number of halogens is 1. The average molecular weight is 383 g/mol. The number of benzene rings is 1. The smallest absolute Gasteiger partial charge is 0.355 e. The van der Waals surface area contributed by atoms with Gasteiger partial charge in [0, 0.05) is 18.8 Å². The van der Waals surface area contributed by atoms with Gasteiger partial charge in [0.05, 0.1) is 37.1 Å². The lowest BCUT2D eigenvalue weighted by atomic mass is 10.1. The van der Waals surface area contributed by atoms with E-state index in [1.165, 1.54) is 14.2 Å². The number of hydrogen-bond donors (Lipinski definition) is 0. The zero-order valence-corrected chi connectivity index (χ0v) is 16.1. The third-order valence-electron chi connectivity index (χ3n) is 4.18. The molecule has 8 heteroatoms. The molecule has 0 unspecified atom stereocenters. The van der Waals surface area contributed by atoms with Gasteiger partial charge in [-0.25, -0.2) is 9.59 Å². The van der Waals surface area contributed by atoms with Gasteiger partial charge >= 0.3 is 11.9 Å². The van der Waals surface area contributed by atoms with E-state index >= 15 is 0 Å². The molecule has 142 valence electrons. The zero-order chi connectivity index (χ0) is 19.3. The van der Waals surface area contributed by atoms with Gasteiger partial charge in [-0.1, -0.05) is 11.6 Å². The van der Waals surface area contributed by atoms with Crippen molar-refractivity contribution in [3.8, 4) is 0 Å². The van der Waals surface area contributed by atoms with Crippen LogP contribution in [0.4, 0.5) is 11.4 Å². The molecule has 1 aromatic carbocycles. The van der Waals surface area contributed by atoms with Gasteiger partial charge in [0.15, 0.2) is 0 Å². The van der Waals surface area contributed by atoms with Crippen molar-refractivity contribution < 1.29 is 23.8 Å². The van der Waals surface area contributed by atoms with E-state index in [0.29, 0.717) is 10.7 Å². The van der Waals surface area contributed by atoms with Crippen LogP contribution in [-0.4, -0.2) is 52.6 Å². The van der Waals surface area contributed by atoms with Gasteiger partial charge in [0.2, 0.25) is 0 Å². The van der Waals surface area contributed by atoms with Crippen LogP contribution in [0.2, 0.25) is 5.02 Å². The molecule has 0 aliphatic carbocycles. The van der Waals surface area contributed by atoms with Crippen LogP contribution in [0, 0.1) is 0 Å². The highest BCUT2D eigenvalue weighted by molar-refractivity contribution is 6.33. The van der Waals surface area contributed by atoms with Crippen LogP contribution in [0.3, 0.4) is 0 Å². The molecule has 0 spiro atoms. The minimum atomic E-state index is -0.641. The molecule has 0 saturated carbocycles. The maximum atomic E-state index is 12.3. The molecule has 26 heavy (non-hydrogen) atoms. The lowest BCUT2D eigenvalue weighted by Crippen LogP contribution is -2.38. The summed E-state index contributed by atoms with van der Waals surface area (Å²) in [7, 11) is 2.51. The monoisotopic (exact) mass is 382 g/mol. The van der Waals surface area contributed by atoms with Crippen molar-refractivity contribution in [2.24, 2.45) is 0 Å². The molecule has 0 bridgehead atoms. The molecule has 0 N–H and O–H groups in total. The van der Waals surface area contributed by atoms with Crippen molar-refractivity contribution in [3.05, 3.63) is 34.5 Å². The molecular weight excluding hydrogens is 360 g/mol. The molecular formula is C18H23ClN2O5. The summed E-state index contributed by atoms with van der Waals surface area (Å²) in [5, 5.41) is 0.542. The van der Waals surface area contributed by atoms with Crippen molar-refractivity contribution in [1.29, 1.82) is 0 Å². The first-order chi connectivity index (χ1) is 12.5. The summed E-state index contributed by atoms with van der Waals surface area (Å²) in [6, 6.07) is 5.44. The highest BCUT2D eigenvalue weighted by Crippen LogP contribution is 2.33. The first-order valence-corrected chi connectivity index (χ1v) is 8.65. The highest BCUT2D eigenvalue weighted by atomic mass is 35.5. The van der Waals surface area contributed by atoms with Crippen LogP contribution in [0.5, 0.6) is 0 Å². The van der Waals surface area contributed by atoms with Gasteiger partial charge in [0.1, 0.15) is 12.4 Å². The second-order valence-electron chi connectivity index (χ2n) is 5.52. The quantitative estimate of drug-likeness (QED) is 0.700. The lowest BCUT2D eigenvalue weighted by Gasteiger charge is -2.32. The van der Waals surface area contributed by atoms with Gasteiger partial charge in [-0.3, -0.25) is 0 Å². The molecule has 0 radical (unpaired) electrons. The molecule has 7 nitrogen and oxygen atoms in total. The zero-order valence-electron chi connectivity index (χ0n) is 15.4. The second kappa shape index (κ2) is 8.91. The molecule has 1 aliphatic rings. The van der Waals surface area contributed by atoms with Crippen molar-refractivity contribution in [1.82, 2.24) is 0 Å². The van der Waals surface area contributed by atoms with Gasteiger partial charge in [-0.2, -0.15) is 0 Å². The summed E-state index contributed by atoms with van der Waals surface area (Å²) in [4.78, 5) is 28.0. The number of carbonyl (C=O) groups excluding carboxylic acids is 2. The topological polar surface area (TPSA) is 68.3 Å². The van der Waals surface area contributed by atoms with Crippen LogP contribution in [-0.2, 0) is 23.8 Å². The molecule has 0 fully saturated rings. The van der Waals surface area contributed by atoms with Crippen LogP contribution >= 0.6 is 11.6 Å². The van der Waals surface area contributed by atoms with E-state index in [2.05, 4.69) is 4.90 Å². The van der Waals surface area contributed by atoms with E-state index in [4.69, 9.17) is 25.8 Å². The normalized spacial score (nSPS) is 14.3. The number of esters is 2. The van der Waals surface area contributed by atoms with E-state index in [9.17, 15) is 9.59 Å². The van der Waals surface area contributed by atoms with Crippen LogP contribution in [0.15, 0.2) is 29.5 Å². The Morgan fingerprint density at radius 2 is 1.85 bits per heavy atom. The summed E-state index contributed by atoms with van der Waals surface area (Å²) in [6.07, 6.45) is 0. The summed E-state index contributed by atoms with van der Waals surface area (Å²) >= 11 is 6.46. The number of rotatable bonds is 6. The first-order valence-electron chi connectivity index (χ1n) is 8.27. The van der Waals surface area contributed by atoms with Crippen LogP contribution in [0.1, 0.15) is 13.8 Å². The van der Waals surface area contributed by atoms with E-state index in [1.54, 1.807) is 11.0 Å². The van der Waals surface area contributed by atoms with E-state index < -0.39 is 11.9 Å². The fraction of sp³-hybridized carbons (Fsp3) is 0.444. The average Bonchev–Trinajstić information content (AvgIpc) is 2.68. The van der Waals surface area contributed by atoms with E-state index in [1.807, 2.05) is 26.0 Å². The van der Waals surface area contributed by atoms with Gasteiger partial charge in [-0.05, 0) is 32.0 Å². The largest absolute Gasteiger partial charge is 0.466 e. The SMILES string of the molecule is CCN(CC)c1ccc(N2COCC(C(=O)OC)=C2C(=O)OC)cc1Cl. The third kappa shape index (κ3) is 3.94. The summed E-state index contributed by atoms with van der Waals surface area (Å²) in [5.74, 6) is -1.28. The Morgan fingerprint density at radius 1 is 1.19 bits per heavy atom. The standard InChI is InChI=1S/C18H23ClN2O5/c1-5-20(6-2)15-8-7-12(9-14(15)19)21-11-26-10-13(17(22)24-3)16(21)18(23)25-4/h7-9H,5-6,10-11H2,1-4H3. The van der Waals surface area contributed by atoms with Crippen LogP contribution < -0.4 is 9.80 Å². The number of hydrogen-bond acceptors (Lipinski definition) is 7. The highest BCUT2D eigenvalue weighted by Gasteiger charge is 2.32. The number of methoxy groups -OCH3 is 2. The predicted octanol–water partition coefficient (Wildman–Crippen LogP) is 2.58. The van der Waals surface area contributed by atoms with Gasteiger partial charge < -0.3 is 24.0 Å². The van der Waals surface area contributed by atoms with Crippen molar-refractivity contribution in [3.63, 3.8) is 0 Å². The molecule has 0 aromatic heterocycles. The van der Waals surface area contributed by atoms with Gasteiger partial charge in [-0.15, -0.1) is 0 Å². The Hall–Kier alpha value is -2.25. The second-order valence-corrected chi connectivity index (χ2v) is 5.93.